The lowest BCUT2D eigenvalue weighted by Gasteiger charge is -2.37. The van der Waals surface area contributed by atoms with Gasteiger partial charge in [-0.25, -0.2) is 0 Å². The van der Waals surface area contributed by atoms with Crippen LogP contribution in [-0.4, -0.2) is 35.7 Å². The molecule has 2 unspecified atom stereocenters. The fourth-order valence-electron chi connectivity index (χ4n) is 2.51. The third kappa shape index (κ3) is 3.37. The highest BCUT2D eigenvalue weighted by Crippen LogP contribution is 2.41. The zero-order chi connectivity index (χ0) is 12.5. The van der Waals surface area contributed by atoms with Crippen LogP contribution in [0.1, 0.15) is 25.7 Å². The second-order valence-corrected chi connectivity index (χ2v) is 5.89. The number of halogens is 3. The lowest BCUT2D eigenvalue weighted by Crippen LogP contribution is -2.42. The van der Waals surface area contributed by atoms with Gasteiger partial charge in [0, 0.05) is 18.3 Å². The molecule has 0 amide bonds. The SMILES string of the molecule is O=C(CC(F)(F)F)C1CCOC2(CCSC2)C1. The van der Waals surface area contributed by atoms with Gasteiger partial charge in [0.2, 0.25) is 0 Å². The number of hydrogen-bond acceptors (Lipinski definition) is 3. The fourth-order valence-corrected chi connectivity index (χ4v) is 3.89. The van der Waals surface area contributed by atoms with Crippen LogP contribution in [0.25, 0.3) is 0 Å². The Kier molecular flexibility index (Phi) is 3.73. The summed E-state index contributed by atoms with van der Waals surface area (Å²) in [5.74, 6) is 0.643. The van der Waals surface area contributed by atoms with Crippen LogP contribution in [-0.2, 0) is 9.53 Å². The van der Waals surface area contributed by atoms with E-state index in [0.717, 1.165) is 17.9 Å². The molecule has 0 aromatic carbocycles. The quantitative estimate of drug-likeness (QED) is 0.770. The molecule has 0 N–H and O–H groups in total. The van der Waals surface area contributed by atoms with E-state index in [4.69, 9.17) is 4.74 Å². The smallest absolute Gasteiger partial charge is 0.374 e. The van der Waals surface area contributed by atoms with Gasteiger partial charge in [-0.05, 0) is 25.0 Å². The van der Waals surface area contributed by atoms with Crippen LogP contribution < -0.4 is 0 Å². The van der Waals surface area contributed by atoms with E-state index in [1.54, 1.807) is 11.8 Å². The molecule has 2 atom stereocenters. The molecule has 2 aliphatic rings. The average Bonchev–Trinajstić information content (AvgIpc) is 2.64. The predicted molar refractivity (Wildman–Crippen MR) is 59.0 cm³/mol. The maximum Gasteiger partial charge on any atom is 0.395 e. The molecule has 17 heavy (non-hydrogen) atoms. The first kappa shape index (κ1) is 13.2. The van der Waals surface area contributed by atoms with Crippen LogP contribution >= 0.6 is 11.8 Å². The Morgan fingerprint density at radius 1 is 1.47 bits per heavy atom. The number of ether oxygens (including phenoxy) is 1. The van der Waals surface area contributed by atoms with Crippen LogP contribution in [0, 0.1) is 5.92 Å². The Bertz CT molecular complexity index is 298. The summed E-state index contributed by atoms with van der Waals surface area (Å²) in [5, 5.41) is 0. The van der Waals surface area contributed by atoms with Crippen molar-refractivity contribution in [2.45, 2.75) is 37.5 Å². The third-order valence-electron chi connectivity index (χ3n) is 3.39. The van der Waals surface area contributed by atoms with Gasteiger partial charge in [0.25, 0.3) is 0 Å². The summed E-state index contributed by atoms with van der Waals surface area (Å²) >= 11 is 1.75. The normalized spacial score (nSPS) is 34.2. The van der Waals surface area contributed by atoms with Gasteiger partial charge in [0.1, 0.15) is 12.2 Å². The Hall–Kier alpha value is -0.230. The van der Waals surface area contributed by atoms with Crippen molar-refractivity contribution in [3.63, 3.8) is 0 Å². The summed E-state index contributed by atoms with van der Waals surface area (Å²) < 4.78 is 42.2. The van der Waals surface area contributed by atoms with Gasteiger partial charge in [-0.2, -0.15) is 24.9 Å². The first-order valence-electron chi connectivity index (χ1n) is 5.71. The van der Waals surface area contributed by atoms with Crippen molar-refractivity contribution < 1.29 is 22.7 Å². The van der Waals surface area contributed by atoms with E-state index in [1.807, 2.05) is 0 Å². The number of carbonyl (C=O) groups is 1. The van der Waals surface area contributed by atoms with Gasteiger partial charge in [-0.3, -0.25) is 4.79 Å². The second kappa shape index (κ2) is 4.80. The molecule has 2 nitrogen and oxygen atoms in total. The van der Waals surface area contributed by atoms with E-state index in [0.29, 0.717) is 19.4 Å². The number of thioether (sulfide) groups is 1. The van der Waals surface area contributed by atoms with Crippen molar-refractivity contribution in [3.8, 4) is 0 Å². The van der Waals surface area contributed by atoms with Crippen molar-refractivity contribution in [1.82, 2.24) is 0 Å². The lowest BCUT2D eigenvalue weighted by atomic mass is 9.82. The zero-order valence-corrected chi connectivity index (χ0v) is 10.2. The van der Waals surface area contributed by atoms with Crippen LogP contribution in [0.3, 0.4) is 0 Å². The number of hydrogen-bond donors (Lipinski definition) is 0. The molecule has 1 spiro atoms. The molecular formula is C11H15F3O2S. The minimum atomic E-state index is -4.38. The summed E-state index contributed by atoms with van der Waals surface area (Å²) in [7, 11) is 0. The van der Waals surface area contributed by atoms with E-state index in [1.165, 1.54) is 0 Å². The summed E-state index contributed by atoms with van der Waals surface area (Å²) in [6.07, 6.45) is -3.92. The monoisotopic (exact) mass is 268 g/mol. The molecule has 0 aromatic heterocycles. The van der Waals surface area contributed by atoms with Crippen LogP contribution in [0.5, 0.6) is 0 Å². The average molecular weight is 268 g/mol. The van der Waals surface area contributed by atoms with E-state index in [9.17, 15) is 18.0 Å². The molecule has 2 rings (SSSR count). The highest BCUT2D eigenvalue weighted by Gasteiger charge is 2.44. The minimum Gasteiger partial charge on any atom is -0.374 e. The molecule has 0 saturated carbocycles. The molecular weight excluding hydrogens is 253 g/mol. The number of rotatable bonds is 2. The van der Waals surface area contributed by atoms with Crippen molar-refractivity contribution in [1.29, 1.82) is 0 Å². The van der Waals surface area contributed by atoms with Crippen LogP contribution in [0.15, 0.2) is 0 Å². The standard InChI is InChI=1S/C11H15F3O2S/c12-11(13,14)6-9(15)8-1-3-16-10(5-8)2-4-17-7-10/h8H,1-7H2. The van der Waals surface area contributed by atoms with E-state index in [-0.39, 0.29) is 5.60 Å². The molecule has 0 radical (unpaired) electrons. The number of ketones is 1. The summed E-state index contributed by atoms with van der Waals surface area (Å²) in [6.45, 7) is 0.412. The highest BCUT2D eigenvalue weighted by atomic mass is 32.2. The minimum absolute atomic E-state index is 0.325. The fraction of sp³-hybridized carbons (Fsp3) is 0.909. The Labute approximate surface area is 102 Å². The highest BCUT2D eigenvalue weighted by molar-refractivity contribution is 7.99. The largest absolute Gasteiger partial charge is 0.395 e. The lowest BCUT2D eigenvalue weighted by molar-refractivity contribution is -0.161. The van der Waals surface area contributed by atoms with Crippen molar-refractivity contribution in [3.05, 3.63) is 0 Å². The summed E-state index contributed by atoms with van der Waals surface area (Å²) in [5.41, 5.74) is -0.325. The Morgan fingerprint density at radius 2 is 2.24 bits per heavy atom. The Morgan fingerprint density at radius 3 is 2.82 bits per heavy atom. The van der Waals surface area contributed by atoms with Gasteiger partial charge in [-0.1, -0.05) is 0 Å². The summed E-state index contributed by atoms with van der Waals surface area (Å²) in [4.78, 5) is 11.6. The van der Waals surface area contributed by atoms with Gasteiger partial charge < -0.3 is 4.74 Å². The summed E-state index contributed by atoms with van der Waals surface area (Å²) in [6, 6.07) is 0. The molecule has 6 heteroatoms. The molecule has 0 aromatic rings. The topological polar surface area (TPSA) is 26.3 Å². The van der Waals surface area contributed by atoms with Gasteiger partial charge in [-0.15, -0.1) is 0 Å². The van der Waals surface area contributed by atoms with Crippen molar-refractivity contribution in [2.75, 3.05) is 18.1 Å². The maximum absolute atomic E-state index is 12.2. The van der Waals surface area contributed by atoms with Gasteiger partial charge in [0.05, 0.1) is 5.60 Å². The van der Waals surface area contributed by atoms with E-state index < -0.39 is 24.3 Å². The second-order valence-electron chi connectivity index (χ2n) is 4.78. The molecule has 2 saturated heterocycles. The molecule has 98 valence electrons. The van der Waals surface area contributed by atoms with E-state index >= 15 is 0 Å². The first-order valence-corrected chi connectivity index (χ1v) is 6.87. The van der Waals surface area contributed by atoms with Gasteiger partial charge in [0.15, 0.2) is 0 Å². The number of alkyl halides is 3. The maximum atomic E-state index is 12.2. The molecule has 0 bridgehead atoms. The van der Waals surface area contributed by atoms with Crippen LogP contribution in [0.2, 0.25) is 0 Å². The van der Waals surface area contributed by atoms with Crippen LogP contribution in [0.4, 0.5) is 13.2 Å². The molecule has 0 aliphatic carbocycles. The third-order valence-corrected chi connectivity index (χ3v) is 4.61. The van der Waals surface area contributed by atoms with Crippen molar-refractivity contribution >= 4 is 17.5 Å². The van der Waals surface area contributed by atoms with Gasteiger partial charge >= 0.3 is 6.18 Å². The first-order chi connectivity index (χ1) is 7.90. The zero-order valence-electron chi connectivity index (χ0n) is 9.39. The Balaban J connectivity index is 1.95. The molecule has 2 heterocycles. The predicted octanol–water partition coefficient (Wildman–Crippen LogP) is 2.81. The number of Topliss-reactive ketones (excluding diaryl/α,β-unsaturated/α-hetero) is 1. The van der Waals surface area contributed by atoms with E-state index in [2.05, 4.69) is 0 Å². The number of carbonyl (C=O) groups excluding carboxylic acids is 1. The molecule has 2 aliphatic heterocycles. The molecule has 2 fully saturated rings. The van der Waals surface area contributed by atoms with Crippen molar-refractivity contribution in [2.24, 2.45) is 5.92 Å².